The second-order valence-electron chi connectivity index (χ2n) is 6.45. The van der Waals surface area contributed by atoms with Gasteiger partial charge in [-0.25, -0.2) is 4.98 Å². The van der Waals surface area contributed by atoms with Gasteiger partial charge in [0, 0.05) is 25.9 Å². The van der Waals surface area contributed by atoms with Gasteiger partial charge in [0.05, 0.1) is 11.4 Å². The van der Waals surface area contributed by atoms with Crippen LogP contribution in [0.25, 0.3) is 0 Å². The molecule has 1 aliphatic rings. The molecule has 1 saturated carbocycles. The van der Waals surface area contributed by atoms with E-state index >= 15 is 0 Å². The summed E-state index contributed by atoms with van der Waals surface area (Å²) in [5, 5.41) is 9.70. The summed E-state index contributed by atoms with van der Waals surface area (Å²) in [6, 6.07) is 0. The summed E-state index contributed by atoms with van der Waals surface area (Å²) >= 11 is 0. The summed E-state index contributed by atoms with van der Waals surface area (Å²) in [6.07, 6.45) is -0.125. The van der Waals surface area contributed by atoms with Crippen LogP contribution in [0.4, 0.5) is 30.6 Å². The van der Waals surface area contributed by atoms with Crippen molar-refractivity contribution >= 4 is 23.2 Å². The monoisotopic (exact) mass is 368 g/mol. The van der Waals surface area contributed by atoms with Crippen LogP contribution in [-0.2, 0) is 16.5 Å². The van der Waals surface area contributed by atoms with Gasteiger partial charge in [-0.15, -0.1) is 0 Å². The fourth-order valence-electron chi connectivity index (χ4n) is 3.04. The Morgan fingerprint density at radius 2 is 2.08 bits per heavy atom. The Morgan fingerprint density at radius 1 is 1.35 bits per heavy atom. The normalized spacial score (nSPS) is 20.5. The number of nitrogens with zero attached hydrogens (tertiary/aromatic N) is 4. The van der Waals surface area contributed by atoms with Gasteiger partial charge in [0.15, 0.2) is 5.78 Å². The average molecular weight is 368 g/mol. The van der Waals surface area contributed by atoms with E-state index in [1.807, 2.05) is 6.92 Å². The lowest BCUT2D eigenvalue weighted by Gasteiger charge is -2.22. The molecule has 2 heterocycles. The van der Waals surface area contributed by atoms with Crippen LogP contribution in [0.15, 0.2) is 12.4 Å². The smallest absolute Gasteiger partial charge is 0.372 e. The first-order chi connectivity index (χ1) is 12.1. The lowest BCUT2D eigenvalue weighted by Crippen LogP contribution is -2.34. The van der Waals surface area contributed by atoms with E-state index in [1.165, 1.54) is 7.05 Å². The fraction of sp³-hybridized carbons (Fsp3) is 0.500. The first kappa shape index (κ1) is 18.2. The molecule has 140 valence electrons. The van der Waals surface area contributed by atoms with Gasteiger partial charge in [0.2, 0.25) is 5.95 Å². The number of rotatable bonds is 4. The van der Waals surface area contributed by atoms with Crippen LogP contribution in [0.1, 0.15) is 37.4 Å². The molecule has 2 aromatic heterocycles. The third kappa shape index (κ3) is 3.11. The van der Waals surface area contributed by atoms with Gasteiger partial charge >= 0.3 is 6.18 Å². The Labute approximate surface area is 148 Å². The van der Waals surface area contributed by atoms with E-state index in [0.29, 0.717) is 24.2 Å². The Balaban J connectivity index is 1.89. The van der Waals surface area contributed by atoms with Crippen molar-refractivity contribution in [3.05, 3.63) is 23.7 Å². The summed E-state index contributed by atoms with van der Waals surface area (Å²) in [6.45, 7) is 3.58. The molecule has 3 rings (SSSR count). The highest BCUT2D eigenvalue weighted by molar-refractivity contribution is 5.88. The van der Waals surface area contributed by atoms with Gasteiger partial charge in [0.25, 0.3) is 0 Å². The third-order valence-corrected chi connectivity index (χ3v) is 4.65. The maximum Gasteiger partial charge on any atom is 0.421 e. The topological polar surface area (TPSA) is 84.7 Å². The molecular formula is C16H19F3N6O. The molecule has 1 aliphatic carbocycles. The predicted molar refractivity (Wildman–Crippen MR) is 89.3 cm³/mol. The highest BCUT2D eigenvalue weighted by Gasteiger charge is 2.40. The van der Waals surface area contributed by atoms with Gasteiger partial charge in [-0.3, -0.25) is 9.48 Å². The van der Waals surface area contributed by atoms with Crippen molar-refractivity contribution in [1.82, 2.24) is 19.7 Å². The summed E-state index contributed by atoms with van der Waals surface area (Å²) in [4.78, 5) is 19.8. The molecule has 0 spiro atoms. The average Bonchev–Trinajstić information content (AvgIpc) is 3.10. The lowest BCUT2D eigenvalue weighted by molar-refractivity contribution is -0.137. The highest BCUT2D eigenvalue weighted by Crippen LogP contribution is 2.35. The Bertz CT molecular complexity index is 847. The minimum Gasteiger partial charge on any atom is -0.372 e. The number of Topliss-reactive ketones (excluding diaryl/α,β-unsaturated/α-hetero) is 1. The Kier molecular flexibility index (Phi) is 4.37. The number of nitrogens with one attached hydrogen (secondary N) is 2. The zero-order chi connectivity index (χ0) is 19.1. The number of carbonyl (C=O) groups is 1. The van der Waals surface area contributed by atoms with Crippen LogP contribution in [0.3, 0.4) is 0 Å². The highest BCUT2D eigenvalue weighted by atomic mass is 19.4. The number of halogens is 3. The maximum atomic E-state index is 12.9. The molecule has 26 heavy (non-hydrogen) atoms. The zero-order valence-electron chi connectivity index (χ0n) is 14.6. The molecule has 2 aromatic rings. The van der Waals surface area contributed by atoms with Crippen molar-refractivity contribution in [3.63, 3.8) is 0 Å². The molecule has 0 amide bonds. The molecule has 0 radical (unpaired) electrons. The predicted octanol–water partition coefficient (Wildman–Crippen LogP) is 3.25. The van der Waals surface area contributed by atoms with Crippen LogP contribution < -0.4 is 10.6 Å². The first-order valence-electron chi connectivity index (χ1n) is 8.14. The number of aryl methyl sites for hydroxylation is 1. The van der Waals surface area contributed by atoms with Crippen LogP contribution in [-0.4, -0.2) is 32.6 Å². The van der Waals surface area contributed by atoms with E-state index in [9.17, 15) is 18.0 Å². The summed E-state index contributed by atoms with van der Waals surface area (Å²) in [7, 11) is 1.36. The van der Waals surface area contributed by atoms with Crippen molar-refractivity contribution in [1.29, 1.82) is 0 Å². The van der Waals surface area contributed by atoms with Crippen LogP contribution in [0, 0.1) is 6.92 Å². The largest absolute Gasteiger partial charge is 0.421 e. The van der Waals surface area contributed by atoms with Gasteiger partial charge in [-0.05, 0) is 26.7 Å². The lowest BCUT2D eigenvalue weighted by atomic mass is 10.0. The minimum atomic E-state index is -4.55. The number of alkyl halides is 3. The van der Waals surface area contributed by atoms with Gasteiger partial charge in [0.1, 0.15) is 16.9 Å². The quantitative estimate of drug-likeness (QED) is 0.862. The number of ketones is 1. The van der Waals surface area contributed by atoms with E-state index < -0.39 is 17.3 Å². The molecule has 0 bridgehead atoms. The SMILES string of the molecule is CNc1nc(Nc2cn([C@@]3(C)CCCC3=O)nc2C)ncc1C(F)(F)F. The van der Waals surface area contributed by atoms with Crippen molar-refractivity contribution in [2.24, 2.45) is 0 Å². The Hall–Kier alpha value is -2.65. The molecule has 0 saturated heterocycles. The number of hydrogen-bond donors (Lipinski definition) is 2. The summed E-state index contributed by atoms with van der Waals surface area (Å²) < 4.78 is 40.4. The van der Waals surface area contributed by atoms with Crippen LogP contribution >= 0.6 is 0 Å². The van der Waals surface area contributed by atoms with Crippen LogP contribution in [0.5, 0.6) is 0 Å². The molecule has 0 aliphatic heterocycles. The first-order valence-corrected chi connectivity index (χ1v) is 8.14. The van der Waals surface area contributed by atoms with E-state index in [1.54, 1.807) is 17.8 Å². The standard InChI is InChI=1S/C16H19F3N6O/c1-9-11(8-25(24-9)15(2)6-4-5-12(15)26)22-14-21-7-10(16(17,18)19)13(20-3)23-14/h7-8H,4-6H2,1-3H3,(H2,20,21,22,23)/t15-/m0/s1. The Morgan fingerprint density at radius 3 is 2.65 bits per heavy atom. The maximum absolute atomic E-state index is 12.9. The summed E-state index contributed by atoms with van der Waals surface area (Å²) in [5.74, 6) is -0.194. The van der Waals surface area contributed by atoms with E-state index in [-0.39, 0.29) is 17.5 Å². The summed E-state index contributed by atoms with van der Waals surface area (Å²) in [5.41, 5.74) is -0.503. The van der Waals surface area contributed by atoms with Gasteiger partial charge in [-0.1, -0.05) is 0 Å². The van der Waals surface area contributed by atoms with E-state index in [2.05, 4.69) is 25.7 Å². The van der Waals surface area contributed by atoms with Crippen LogP contribution in [0.2, 0.25) is 0 Å². The third-order valence-electron chi connectivity index (χ3n) is 4.65. The molecular weight excluding hydrogens is 349 g/mol. The van der Waals surface area contributed by atoms with Crippen molar-refractivity contribution in [2.45, 2.75) is 44.8 Å². The van der Waals surface area contributed by atoms with Crippen molar-refractivity contribution in [2.75, 3.05) is 17.7 Å². The van der Waals surface area contributed by atoms with E-state index in [4.69, 9.17) is 0 Å². The number of hydrogen-bond acceptors (Lipinski definition) is 6. The fourth-order valence-corrected chi connectivity index (χ4v) is 3.04. The van der Waals surface area contributed by atoms with Crippen molar-refractivity contribution < 1.29 is 18.0 Å². The molecule has 10 heteroatoms. The second-order valence-corrected chi connectivity index (χ2v) is 6.45. The number of anilines is 3. The molecule has 2 N–H and O–H groups in total. The van der Waals surface area contributed by atoms with Gasteiger partial charge < -0.3 is 10.6 Å². The van der Waals surface area contributed by atoms with E-state index in [0.717, 1.165) is 12.6 Å². The molecule has 1 fully saturated rings. The minimum absolute atomic E-state index is 0.00732. The van der Waals surface area contributed by atoms with Gasteiger partial charge in [-0.2, -0.15) is 23.3 Å². The molecule has 7 nitrogen and oxygen atoms in total. The molecule has 0 unspecified atom stereocenters. The van der Waals surface area contributed by atoms with Crippen molar-refractivity contribution in [3.8, 4) is 0 Å². The molecule has 0 aromatic carbocycles. The number of carbonyl (C=O) groups excluding carboxylic acids is 1. The second kappa shape index (κ2) is 6.26. The zero-order valence-corrected chi connectivity index (χ0v) is 14.6. The number of aromatic nitrogens is 4. The molecule has 1 atom stereocenters.